The van der Waals surface area contributed by atoms with Gasteiger partial charge in [0, 0.05) is 0 Å². The second-order valence-electron chi connectivity index (χ2n) is 3.54. The summed E-state index contributed by atoms with van der Waals surface area (Å²) in [6.45, 7) is 3.45. The van der Waals surface area contributed by atoms with Crippen LogP contribution >= 0.6 is 0 Å². The Morgan fingerprint density at radius 1 is 1.38 bits per heavy atom. The first-order chi connectivity index (χ1) is 6.09. The summed E-state index contributed by atoms with van der Waals surface area (Å²) in [5, 5.41) is 17.5. The fourth-order valence-corrected chi connectivity index (χ4v) is 1.32. The highest BCUT2D eigenvalue weighted by Gasteiger charge is 2.19. The minimum atomic E-state index is -0.896. The van der Waals surface area contributed by atoms with Crippen molar-refractivity contribution in [2.24, 2.45) is 0 Å². The van der Waals surface area contributed by atoms with Crippen LogP contribution in [0.15, 0.2) is 24.4 Å². The number of hydrogen-bond donors (Lipinski definition) is 1. The van der Waals surface area contributed by atoms with E-state index in [1.165, 1.54) is 0 Å². The van der Waals surface area contributed by atoms with Gasteiger partial charge in [0.2, 0.25) is 0 Å². The van der Waals surface area contributed by atoms with Crippen molar-refractivity contribution in [1.82, 2.24) is 14.8 Å². The largest absolute Gasteiger partial charge is 0.384 e. The minimum absolute atomic E-state index is 0.738. The summed E-state index contributed by atoms with van der Waals surface area (Å²) < 4.78 is 1.64. The van der Waals surface area contributed by atoms with Gasteiger partial charge in [0.15, 0.2) is 0 Å². The summed E-state index contributed by atoms with van der Waals surface area (Å²) in [5.74, 6) is 0. The zero-order chi connectivity index (χ0) is 9.47. The third kappa shape index (κ3) is 1.29. The van der Waals surface area contributed by atoms with Crippen LogP contribution in [0.25, 0.3) is 5.52 Å². The maximum Gasteiger partial charge on any atom is 0.101 e. The molecular weight excluding hydrogens is 166 g/mol. The van der Waals surface area contributed by atoms with Gasteiger partial charge in [0.05, 0.1) is 17.4 Å². The molecule has 2 rings (SSSR count). The summed E-state index contributed by atoms with van der Waals surface area (Å²) in [6, 6.07) is 5.61. The number of aliphatic hydroxyl groups is 1. The summed E-state index contributed by atoms with van der Waals surface area (Å²) >= 11 is 0. The maximum absolute atomic E-state index is 9.82. The first-order valence-corrected chi connectivity index (χ1v) is 4.11. The molecule has 0 aromatic carbocycles. The van der Waals surface area contributed by atoms with E-state index in [1.54, 1.807) is 24.6 Å². The molecular formula is C9H11N3O. The molecule has 2 heterocycles. The third-order valence-corrected chi connectivity index (χ3v) is 1.95. The lowest BCUT2D eigenvalue weighted by Gasteiger charge is -2.17. The van der Waals surface area contributed by atoms with Gasteiger partial charge in [0.1, 0.15) is 5.60 Å². The highest BCUT2D eigenvalue weighted by Crippen LogP contribution is 2.19. The predicted octanol–water partition coefficient (Wildman–Crippen LogP) is 0.957. The van der Waals surface area contributed by atoms with E-state index >= 15 is 0 Å². The van der Waals surface area contributed by atoms with Crippen LogP contribution in [-0.4, -0.2) is 19.9 Å². The van der Waals surface area contributed by atoms with Crippen LogP contribution in [0.3, 0.4) is 0 Å². The third-order valence-electron chi connectivity index (χ3n) is 1.95. The van der Waals surface area contributed by atoms with Gasteiger partial charge < -0.3 is 5.11 Å². The summed E-state index contributed by atoms with van der Waals surface area (Å²) in [4.78, 5) is 0. The van der Waals surface area contributed by atoms with Crippen molar-refractivity contribution in [3.63, 3.8) is 0 Å². The molecule has 2 aromatic heterocycles. The van der Waals surface area contributed by atoms with Crippen LogP contribution < -0.4 is 0 Å². The Morgan fingerprint density at radius 3 is 2.85 bits per heavy atom. The molecule has 0 amide bonds. The second kappa shape index (κ2) is 2.53. The molecule has 4 nitrogen and oxygen atoms in total. The van der Waals surface area contributed by atoms with Crippen molar-refractivity contribution in [2.45, 2.75) is 19.4 Å². The first kappa shape index (κ1) is 8.19. The average Bonchev–Trinajstić information content (AvgIpc) is 2.48. The van der Waals surface area contributed by atoms with Gasteiger partial charge in [-0.3, -0.25) is 0 Å². The lowest BCUT2D eigenvalue weighted by molar-refractivity contribution is 0.0713. The first-order valence-electron chi connectivity index (χ1n) is 4.11. The molecule has 0 radical (unpaired) electrons. The van der Waals surface area contributed by atoms with Crippen molar-refractivity contribution in [3.05, 3.63) is 30.1 Å². The van der Waals surface area contributed by atoms with Crippen molar-refractivity contribution in [1.29, 1.82) is 0 Å². The molecule has 0 aliphatic rings. The Balaban J connectivity index is 2.75. The van der Waals surface area contributed by atoms with Gasteiger partial charge in [-0.2, -0.15) is 0 Å². The van der Waals surface area contributed by atoms with E-state index < -0.39 is 5.60 Å². The molecule has 68 valence electrons. The smallest absolute Gasteiger partial charge is 0.101 e. The van der Waals surface area contributed by atoms with Crippen molar-refractivity contribution >= 4 is 5.52 Å². The van der Waals surface area contributed by atoms with E-state index in [1.807, 2.05) is 18.2 Å². The molecule has 0 aliphatic carbocycles. The Bertz CT molecular complexity index is 428. The zero-order valence-electron chi connectivity index (χ0n) is 7.60. The van der Waals surface area contributed by atoms with E-state index in [-0.39, 0.29) is 0 Å². The van der Waals surface area contributed by atoms with Crippen LogP contribution in [-0.2, 0) is 5.60 Å². The maximum atomic E-state index is 9.82. The predicted molar refractivity (Wildman–Crippen MR) is 48.2 cm³/mol. The van der Waals surface area contributed by atoms with Gasteiger partial charge in [-0.1, -0.05) is 11.3 Å². The molecule has 1 N–H and O–H groups in total. The van der Waals surface area contributed by atoms with Gasteiger partial charge >= 0.3 is 0 Å². The summed E-state index contributed by atoms with van der Waals surface area (Å²) in [7, 11) is 0. The number of nitrogens with zero attached hydrogens (tertiary/aromatic N) is 3. The molecule has 0 bridgehead atoms. The Kier molecular flexibility index (Phi) is 1.60. The van der Waals surface area contributed by atoms with E-state index in [2.05, 4.69) is 10.3 Å². The summed E-state index contributed by atoms with van der Waals surface area (Å²) in [5.41, 5.74) is 0.731. The lowest BCUT2D eigenvalue weighted by atomic mass is 10.0. The van der Waals surface area contributed by atoms with E-state index in [4.69, 9.17) is 0 Å². The normalized spacial score (nSPS) is 12.2. The standard InChI is InChI=1S/C9H11N3O/c1-9(2,13)8-5-3-4-7-6-10-11-12(7)8/h3-6,13H,1-2H3. The van der Waals surface area contributed by atoms with Gasteiger partial charge in [-0.05, 0) is 26.0 Å². The summed E-state index contributed by atoms with van der Waals surface area (Å²) in [6.07, 6.45) is 1.66. The molecule has 2 aromatic rings. The molecule has 0 saturated carbocycles. The molecule has 0 spiro atoms. The second-order valence-corrected chi connectivity index (χ2v) is 3.54. The minimum Gasteiger partial charge on any atom is -0.384 e. The molecule has 0 aliphatic heterocycles. The lowest BCUT2D eigenvalue weighted by Crippen LogP contribution is -2.20. The number of aromatic nitrogens is 3. The Hall–Kier alpha value is -1.42. The fraction of sp³-hybridized carbons (Fsp3) is 0.333. The van der Waals surface area contributed by atoms with Crippen LogP contribution in [0.4, 0.5) is 0 Å². The molecule has 4 heteroatoms. The van der Waals surface area contributed by atoms with E-state index in [0.717, 1.165) is 11.2 Å². The van der Waals surface area contributed by atoms with Gasteiger partial charge in [-0.25, -0.2) is 4.52 Å². The Labute approximate surface area is 75.8 Å². The number of fused-ring (bicyclic) bond motifs is 1. The molecule has 13 heavy (non-hydrogen) atoms. The Morgan fingerprint density at radius 2 is 2.15 bits per heavy atom. The number of hydrogen-bond acceptors (Lipinski definition) is 3. The fourth-order valence-electron chi connectivity index (χ4n) is 1.32. The van der Waals surface area contributed by atoms with Crippen LogP contribution in [0.1, 0.15) is 19.5 Å². The quantitative estimate of drug-likeness (QED) is 0.705. The van der Waals surface area contributed by atoms with Gasteiger partial charge in [-0.15, -0.1) is 5.10 Å². The highest BCUT2D eigenvalue weighted by atomic mass is 16.3. The number of rotatable bonds is 1. The van der Waals surface area contributed by atoms with Crippen LogP contribution in [0.5, 0.6) is 0 Å². The zero-order valence-corrected chi connectivity index (χ0v) is 7.60. The van der Waals surface area contributed by atoms with Gasteiger partial charge in [0.25, 0.3) is 0 Å². The van der Waals surface area contributed by atoms with Crippen LogP contribution in [0.2, 0.25) is 0 Å². The van der Waals surface area contributed by atoms with Crippen LogP contribution in [0, 0.1) is 0 Å². The molecule has 0 saturated heterocycles. The van der Waals surface area contributed by atoms with E-state index in [9.17, 15) is 5.11 Å². The molecule has 0 atom stereocenters. The van der Waals surface area contributed by atoms with Crippen molar-refractivity contribution < 1.29 is 5.11 Å². The monoisotopic (exact) mass is 177 g/mol. The van der Waals surface area contributed by atoms with Crippen molar-refractivity contribution in [2.75, 3.05) is 0 Å². The topological polar surface area (TPSA) is 50.4 Å². The SMILES string of the molecule is CC(C)(O)c1cccc2cnnn12. The average molecular weight is 177 g/mol. The highest BCUT2D eigenvalue weighted by molar-refractivity contribution is 5.44. The van der Waals surface area contributed by atoms with Crippen molar-refractivity contribution in [3.8, 4) is 0 Å². The molecule has 0 fully saturated rings. The number of pyridine rings is 1. The van der Waals surface area contributed by atoms with E-state index in [0.29, 0.717) is 0 Å². The molecule has 0 unspecified atom stereocenters.